The maximum atomic E-state index is 12.4. The highest BCUT2D eigenvalue weighted by atomic mass is 32.4. The molecular weight excluding hydrogens is 637 g/mol. The van der Waals surface area contributed by atoms with Crippen LogP contribution in [0.2, 0.25) is 0 Å². The Hall–Kier alpha value is -2.85. The predicted octanol–water partition coefficient (Wildman–Crippen LogP) is 6.41. The molecule has 0 heterocycles. The van der Waals surface area contributed by atoms with Gasteiger partial charge < -0.3 is 18.9 Å². The molecule has 3 rings (SSSR count). The summed E-state index contributed by atoms with van der Waals surface area (Å²) in [5.74, 6) is 0.438. The summed E-state index contributed by atoms with van der Waals surface area (Å²) in [6.45, 7) is 0. The minimum Gasteiger partial charge on any atom is -0.497 e. The lowest BCUT2D eigenvalue weighted by Gasteiger charge is -2.19. The average molecular weight is 669 g/mol. The van der Waals surface area contributed by atoms with Gasteiger partial charge in [-0.05, 0) is 77.4 Å². The van der Waals surface area contributed by atoms with Gasteiger partial charge in [0.25, 0.3) is 0 Å². The van der Waals surface area contributed by atoms with Crippen LogP contribution in [0.3, 0.4) is 0 Å². The van der Waals surface area contributed by atoms with Crippen molar-refractivity contribution in [1.82, 2.24) is 9.56 Å². The van der Waals surface area contributed by atoms with Crippen LogP contribution in [-0.2, 0) is 37.2 Å². The average Bonchev–Trinajstić information content (AvgIpc) is 3.02. The number of ether oxygens (including phenoxy) is 1. The summed E-state index contributed by atoms with van der Waals surface area (Å²) in [6.07, 6.45) is 3.37. The molecule has 0 saturated carbocycles. The molecule has 0 aliphatic rings. The summed E-state index contributed by atoms with van der Waals surface area (Å²) in [6, 6.07) is 21.2. The highest BCUT2D eigenvalue weighted by Gasteiger charge is 2.34. The van der Waals surface area contributed by atoms with Gasteiger partial charge in [-0.1, -0.05) is 21.7 Å². The van der Waals surface area contributed by atoms with E-state index in [-0.39, 0.29) is 0 Å². The second kappa shape index (κ2) is 16.1. The summed E-state index contributed by atoms with van der Waals surface area (Å²) in [7, 11) is 0.918. The van der Waals surface area contributed by atoms with E-state index in [2.05, 4.69) is 10.2 Å². The van der Waals surface area contributed by atoms with Gasteiger partial charge in [-0.2, -0.15) is 0 Å². The quantitative estimate of drug-likeness (QED) is 0.110. The van der Waals surface area contributed by atoms with Crippen LogP contribution in [0.5, 0.6) is 17.2 Å². The van der Waals surface area contributed by atoms with Crippen LogP contribution in [0.15, 0.2) is 83.0 Å². The summed E-state index contributed by atoms with van der Waals surface area (Å²) < 4.78 is 42.1. The molecule has 0 aliphatic carbocycles. The van der Waals surface area contributed by atoms with Gasteiger partial charge in [-0.15, -0.1) is 10.2 Å². The van der Waals surface area contributed by atoms with E-state index in [1.165, 1.54) is 14.2 Å². The summed E-state index contributed by atoms with van der Waals surface area (Å²) in [5.41, 5.74) is 2.10. The van der Waals surface area contributed by atoms with E-state index in [0.29, 0.717) is 17.1 Å². The molecule has 3 unspecified atom stereocenters. The van der Waals surface area contributed by atoms with Gasteiger partial charge in [-0.3, -0.25) is 13.6 Å². The Balaban J connectivity index is 1.50. The lowest BCUT2D eigenvalue weighted by atomic mass is 10.2. The lowest BCUT2D eigenvalue weighted by molar-refractivity contribution is 0.176. The molecule has 0 radical (unpaired) electrons. The largest absolute Gasteiger partial charge is 0.540 e. The molecule has 0 amide bonds. The second-order valence-electron chi connectivity index (χ2n) is 8.32. The predicted molar refractivity (Wildman–Crippen MR) is 173 cm³/mol. The van der Waals surface area contributed by atoms with E-state index in [1.807, 2.05) is 36.4 Å². The molecule has 11 nitrogen and oxygen atoms in total. The van der Waals surface area contributed by atoms with Crippen molar-refractivity contribution in [3.63, 3.8) is 0 Å². The molecule has 0 saturated heterocycles. The third-order valence-electron chi connectivity index (χ3n) is 5.57. The van der Waals surface area contributed by atoms with Crippen LogP contribution in [0.1, 0.15) is 22.5 Å². The molecular formula is C26H31N4O7P3S2+2. The Bertz CT molecular complexity index is 1450. The molecule has 3 aromatic rings. The molecule has 1 N–H and O–H groups in total. The normalized spacial score (nSPS) is 13.1. The molecule has 0 bridgehead atoms. The van der Waals surface area contributed by atoms with Crippen molar-refractivity contribution < 1.29 is 32.5 Å². The molecule has 0 spiro atoms. The summed E-state index contributed by atoms with van der Waals surface area (Å²) in [4.78, 5) is 0. The lowest BCUT2D eigenvalue weighted by Crippen LogP contribution is -2.04. The number of aliphatic hydroxyl groups is 1. The smallest absolute Gasteiger partial charge is 0.497 e. The Morgan fingerprint density at radius 2 is 1.12 bits per heavy atom. The highest BCUT2D eigenvalue weighted by Crippen LogP contribution is 2.58. The first-order valence-electron chi connectivity index (χ1n) is 12.2. The third-order valence-corrected chi connectivity index (χ3v) is 11.2. The first kappa shape index (κ1) is 33.6. The molecule has 0 aromatic heterocycles. The summed E-state index contributed by atoms with van der Waals surface area (Å²) >= 11 is 11.0. The van der Waals surface area contributed by atoms with Gasteiger partial charge in [-0.25, -0.2) is 0 Å². The van der Waals surface area contributed by atoms with Crippen LogP contribution in [-0.4, -0.2) is 62.5 Å². The number of hydrogen-bond donors (Lipinski definition) is 1. The zero-order valence-corrected chi connectivity index (χ0v) is 27.8. The number of nitrogens with zero attached hydrogens (tertiary/aromatic N) is 4. The van der Waals surface area contributed by atoms with E-state index >= 15 is 0 Å². The maximum absolute atomic E-state index is 12.4. The minimum absolute atomic E-state index is 0.360. The Morgan fingerprint density at radius 3 is 1.50 bits per heavy atom. The van der Waals surface area contributed by atoms with E-state index in [0.717, 1.165) is 16.9 Å². The number of rotatable bonds is 15. The van der Waals surface area contributed by atoms with Crippen molar-refractivity contribution in [3.8, 4) is 17.2 Å². The summed E-state index contributed by atoms with van der Waals surface area (Å²) in [5, 5.41) is 19.1. The molecule has 16 heteroatoms. The van der Waals surface area contributed by atoms with Crippen molar-refractivity contribution >= 4 is 57.8 Å². The minimum atomic E-state index is -3.67. The molecule has 3 aromatic carbocycles. The third kappa shape index (κ3) is 9.59. The maximum Gasteiger partial charge on any atom is 0.540 e. The number of aliphatic hydroxyl groups excluding tert-OH is 1. The van der Waals surface area contributed by atoms with Gasteiger partial charge in [0, 0.05) is 14.2 Å². The van der Waals surface area contributed by atoms with Gasteiger partial charge in [0.2, 0.25) is 23.6 Å². The molecule has 42 heavy (non-hydrogen) atoms. The second-order valence-corrected chi connectivity index (χ2v) is 15.0. The molecule has 222 valence electrons. The Morgan fingerprint density at radius 1 is 0.738 bits per heavy atom. The number of methoxy groups -OCH3 is 1. The van der Waals surface area contributed by atoms with Gasteiger partial charge in [0.05, 0.1) is 33.6 Å². The highest BCUT2D eigenvalue weighted by molar-refractivity contribution is 8.02. The van der Waals surface area contributed by atoms with E-state index in [4.69, 9.17) is 46.4 Å². The Kier molecular flexibility index (Phi) is 12.9. The number of hydrazone groups is 2. The van der Waals surface area contributed by atoms with Gasteiger partial charge in [0.15, 0.2) is 17.3 Å². The molecule has 0 aliphatic heterocycles. The van der Waals surface area contributed by atoms with Crippen molar-refractivity contribution in [1.29, 1.82) is 0 Å². The first-order chi connectivity index (χ1) is 20.1. The van der Waals surface area contributed by atoms with Crippen LogP contribution < -0.4 is 13.8 Å². The van der Waals surface area contributed by atoms with Crippen molar-refractivity contribution in [2.24, 2.45) is 10.2 Å². The van der Waals surface area contributed by atoms with Crippen LogP contribution in [0.25, 0.3) is 0 Å². The van der Waals surface area contributed by atoms with E-state index < -0.39 is 27.6 Å². The van der Waals surface area contributed by atoms with Gasteiger partial charge in [0.1, 0.15) is 5.75 Å². The fourth-order valence-electron chi connectivity index (χ4n) is 3.15. The monoisotopic (exact) mass is 668 g/mol. The Labute approximate surface area is 257 Å². The first-order valence-corrected chi connectivity index (χ1v) is 18.2. The zero-order valence-electron chi connectivity index (χ0n) is 23.5. The van der Waals surface area contributed by atoms with Crippen molar-refractivity contribution in [3.05, 3.63) is 89.5 Å². The van der Waals surface area contributed by atoms with Crippen LogP contribution in [0.4, 0.5) is 0 Å². The van der Waals surface area contributed by atoms with Crippen LogP contribution in [0, 0.1) is 0 Å². The van der Waals surface area contributed by atoms with Crippen molar-refractivity contribution in [2.45, 2.75) is 5.85 Å². The topological polar surface area (TPSA) is 115 Å². The SMILES string of the molecule is COc1ccc(/C=N\N(C)[P+](=S)Oc2ccc(/C=N\N(C)[P+](=S)Oc3ccc(C(O)P(=O)(OC)OC)cc3)cc2)cc1. The fraction of sp³-hybridized carbons (Fsp3) is 0.231. The standard InChI is InChI=1S/C26H31N4O7P3S2/c1-29(27-18-20-6-12-23(33-3)13-7-20)38(41)36-24-14-8-21(9-15-24)19-28-30(2)39(42)37-25-16-10-22(11-17-25)26(31)40(32,34-4)35-5/h6-19,26,31H,1-5H3/q+2/b27-18-,28-19-. The molecule has 0 fully saturated rings. The van der Waals surface area contributed by atoms with Crippen molar-refractivity contribution in [2.75, 3.05) is 35.4 Å². The number of benzene rings is 3. The molecule has 3 atom stereocenters. The van der Waals surface area contributed by atoms with Crippen LogP contribution >= 0.6 is 21.7 Å². The zero-order chi connectivity index (χ0) is 30.7. The fourth-order valence-corrected chi connectivity index (χ4v) is 6.11. The van der Waals surface area contributed by atoms with Gasteiger partial charge >= 0.3 is 21.7 Å². The van der Waals surface area contributed by atoms with E-state index in [1.54, 1.807) is 79.6 Å². The van der Waals surface area contributed by atoms with E-state index in [9.17, 15) is 9.67 Å². The number of hydrogen-bond acceptors (Lipinski definition) is 11.